The molecule has 25 heavy (non-hydrogen) atoms. The number of urea groups is 1. The van der Waals surface area contributed by atoms with Gasteiger partial charge in [0.2, 0.25) is 0 Å². The molecule has 0 radical (unpaired) electrons. The van der Waals surface area contributed by atoms with Gasteiger partial charge in [-0.2, -0.15) is 4.98 Å². The van der Waals surface area contributed by atoms with Gasteiger partial charge in [-0.1, -0.05) is 17.3 Å². The van der Waals surface area contributed by atoms with Crippen molar-refractivity contribution in [3.8, 4) is 11.5 Å². The van der Waals surface area contributed by atoms with Crippen molar-refractivity contribution in [3.63, 3.8) is 0 Å². The summed E-state index contributed by atoms with van der Waals surface area (Å²) in [5.74, 6) is 0.974. The summed E-state index contributed by atoms with van der Waals surface area (Å²) in [7, 11) is 2.20. The zero-order valence-electron chi connectivity index (χ0n) is 14.5. The van der Waals surface area contributed by atoms with E-state index in [0.29, 0.717) is 29.5 Å². The van der Waals surface area contributed by atoms with Crippen LogP contribution in [0.4, 0.5) is 10.5 Å². The highest BCUT2D eigenvalue weighted by Gasteiger charge is 2.38. The lowest BCUT2D eigenvalue weighted by atomic mass is 9.98. The highest BCUT2D eigenvalue weighted by Crippen LogP contribution is 2.34. The molecule has 4 rings (SSSR count). The number of nitrogens with zero attached hydrogens (tertiary/aromatic N) is 3. The SMILES string of the molecule is Cc1noc(-c2ccccc2NC(=O)NC2CC3CCC(C2)N3C)n1. The number of carbonyl (C=O) groups is 1. The van der Waals surface area contributed by atoms with E-state index in [1.807, 2.05) is 24.3 Å². The van der Waals surface area contributed by atoms with Crippen LogP contribution in [0.1, 0.15) is 31.5 Å². The lowest BCUT2D eigenvalue weighted by molar-refractivity contribution is 0.151. The maximum atomic E-state index is 12.5. The molecule has 0 spiro atoms. The molecule has 2 aromatic rings. The van der Waals surface area contributed by atoms with Crippen LogP contribution in [0.5, 0.6) is 0 Å². The summed E-state index contributed by atoms with van der Waals surface area (Å²) in [6, 6.07) is 8.69. The van der Waals surface area contributed by atoms with E-state index in [2.05, 4.69) is 32.7 Å². The van der Waals surface area contributed by atoms with Crippen LogP contribution in [-0.2, 0) is 0 Å². The number of amides is 2. The maximum Gasteiger partial charge on any atom is 0.319 e. The number of rotatable bonds is 3. The van der Waals surface area contributed by atoms with Crippen LogP contribution in [-0.4, -0.2) is 46.2 Å². The van der Waals surface area contributed by atoms with Gasteiger partial charge in [0.15, 0.2) is 5.82 Å². The van der Waals surface area contributed by atoms with E-state index in [-0.39, 0.29) is 12.1 Å². The number of anilines is 1. The molecular formula is C18H23N5O2. The molecule has 0 saturated carbocycles. The Morgan fingerprint density at radius 2 is 1.96 bits per heavy atom. The number of piperidine rings is 1. The molecule has 132 valence electrons. The molecule has 2 unspecified atom stereocenters. The number of fused-ring (bicyclic) bond motifs is 2. The van der Waals surface area contributed by atoms with Crippen molar-refractivity contribution >= 4 is 11.7 Å². The van der Waals surface area contributed by atoms with Crippen LogP contribution in [0.25, 0.3) is 11.5 Å². The quantitative estimate of drug-likeness (QED) is 0.897. The third kappa shape index (κ3) is 3.24. The second-order valence-electron chi connectivity index (χ2n) is 7.01. The Balaban J connectivity index is 1.43. The summed E-state index contributed by atoms with van der Waals surface area (Å²) >= 11 is 0. The molecule has 2 aliphatic rings. The molecule has 2 bridgehead atoms. The molecule has 2 amide bonds. The molecule has 0 aliphatic carbocycles. The molecular weight excluding hydrogens is 318 g/mol. The van der Waals surface area contributed by atoms with Crippen molar-refractivity contribution in [1.29, 1.82) is 0 Å². The van der Waals surface area contributed by atoms with Crippen molar-refractivity contribution in [3.05, 3.63) is 30.1 Å². The molecule has 2 saturated heterocycles. The molecule has 1 aromatic heterocycles. The van der Waals surface area contributed by atoms with E-state index in [0.717, 1.165) is 18.4 Å². The van der Waals surface area contributed by atoms with Gasteiger partial charge in [-0.25, -0.2) is 4.79 Å². The van der Waals surface area contributed by atoms with Crippen LogP contribution < -0.4 is 10.6 Å². The summed E-state index contributed by atoms with van der Waals surface area (Å²) in [6.07, 6.45) is 4.51. The Kier molecular flexibility index (Phi) is 4.17. The number of aromatic nitrogens is 2. The van der Waals surface area contributed by atoms with Gasteiger partial charge in [-0.3, -0.25) is 0 Å². The largest absolute Gasteiger partial charge is 0.335 e. The van der Waals surface area contributed by atoms with Crippen molar-refractivity contribution in [2.75, 3.05) is 12.4 Å². The van der Waals surface area contributed by atoms with Gasteiger partial charge in [-0.15, -0.1) is 0 Å². The fraction of sp³-hybridized carbons (Fsp3) is 0.500. The van der Waals surface area contributed by atoms with Gasteiger partial charge in [0.1, 0.15) is 0 Å². The van der Waals surface area contributed by atoms with Crippen molar-refractivity contribution in [1.82, 2.24) is 20.4 Å². The number of aryl methyl sites for hydroxylation is 1. The highest BCUT2D eigenvalue weighted by molar-refractivity contribution is 5.93. The number of benzene rings is 1. The standard InChI is InChI=1S/C18H23N5O2/c1-11-19-17(25-22-11)15-5-3-4-6-16(15)21-18(24)20-12-9-13-7-8-14(10-12)23(13)2/h3-6,12-14H,7-10H2,1-2H3,(H2,20,21,24). The van der Waals surface area contributed by atoms with Crippen LogP contribution in [0.15, 0.2) is 28.8 Å². The molecule has 3 heterocycles. The third-order valence-electron chi connectivity index (χ3n) is 5.37. The summed E-state index contributed by atoms with van der Waals surface area (Å²) in [4.78, 5) is 19.2. The van der Waals surface area contributed by atoms with Crippen molar-refractivity contribution in [2.45, 2.75) is 50.7 Å². The minimum Gasteiger partial charge on any atom is -0.335 e. The predicted molar refractivity (Wildman–Crippen MR) is 94.2 cm³/mol. The van der Waals surface area contributed by atoms with Gasteiger partial charge in [0.05, 0.1) is 11.3 Å². The average molecular weight is 341 g/mol. The smallest absolute Gasteiger partial charge is 0.319 e. The number of nitrogens with one attached hydrogen (secondary N) is 2. The average Bonchev–Trinajstić information content (AvgIpc) is 3.08. The zero-order chi connectivity index (χ0) is 17.4. The van der Waals surface area contributed by atoms with Gasteiger partial charge in [0, 0.05) is 18.1 Å². The zero-order valence-corrected chi connectivity index (χ0v) is 14.5. The summed E-state index contributed by atoms with van der Waals surface area (Å²) in [5.41, 5.74) is 1.39. The summed E-state index contributed by atoms with van der Waals surface area (Å²) in [5, 5.41) is 9.88. The normalized spacial score (nSPS) is 25.8. The third-order valence-corrected chi connectivity index (χ3v) is 5.37. The van der Waals surface area contributed by atoms with E-state index < -0.39 is 0 Å². The molecule has 7 nitrogen and oxygen atoms in total. The summed E-state index contributed by atoms with van der Waals surface area (Å²) in [6.45, 7) is 1.77. The highest BCUT2D eigenvalue weighted by atomic mass is 16.5. The Labute approximate surface area is 146 Å². The lowest BCUT2D eigenvalue weighted by Crippen LogP contribution is -2.49. The van der Waals surface area contributed by atoms with Crippen LogP contribution >= 0.6 is 0 Å². The van der Waals surface area contributed by atoms with E-state index in [1.54, 1.807) is 6.92 Å². The topological polar surface area (TPSA) is 83.3 Å². The van der Waals surface area contributed by atoms with Gasteiger partial charge >= 0.3 is 6.03 Å². The van der Waals surface area contributed by atoms with E-state index >= 15 is 0 Å². The molecule has 7 heteroatoms. The Hall–Kier alpha value is -2.41. The fourth-order valence-corrected chi connectivity index (χ4v) is 4.06. The van der Waals surface area contributed by atoms with Crippen LogP contribution in [0.3, 0.4) is 0 Å². The first-order chi connectivity index (χ1) is 12.1. The number of hydrogen-bond acceptors (Lipinski definition) is 5. The lowest BCUT2D eigenvalue weighted by Gasteiger charge is -2.36. The van der Waals surface area contributed by atoms with E-state index in [1.165, 1.54) is 12.8 Å². The van der Waals surface area contributed by atoms with Crippen molar-refractivity contribution in [2.24, 2.45) is 0 Å². The van der Waals surface area contributed by atoms with E-state index in [4.69, 9.17) is 4.52 Å². The van der Waals surface area contributed by atoms with Gasteiger partial charge in [0.25, 0.3) is 5.89 Å². The molecule has 2 aliphatic heterocycles. The summed E-state index contributed by atoms with van der Waals surface area (Å²) < 4.78 is 5.23. The van der Waals surface area contributed by atoms with Gasteiger partial charge in [-0.05, 0) is 51.8 Å². The maximum absolute atomic E-state index is 12.5. The monoisotopic (exact) mass is 341 g/mol. The molecule has 2 atom stereocenters. The minimum atomic E-state index is -0.183. The molecule has 1 aromatic carbocycles. The Bertz CT molecular complexity index is 760. The van der Waals surface area contributed by atoms with Gasteiger partial charge < -0.3 is 20.1 Å². The Morgan fingerprint density at radius 1 is 1.24 bits per heavy atom. The van der Waals surface area contributed by atoms with Crippen LogP contribution in [0.2, 0.25) is 0 Å². The first-order valence-electron chi connectivity index (χ1n) is 8.79. The number of para-hydroxylation sites is 1. The van der Waals surface area contributed by atoms with E-state index in [9.17, 15) is 4.79 Å². The second kappa shape index (κ2) is 6.48. The first-order valence-corrected chi connectivity index (χ1v) is 8.79. The second-order valence-corrected chi connectivity index (χ2v) is 7.01. The minimum absolute atomic E-state index is 0.183. The Morgan fingerprint density at radius 3 is 2.64 bits per heavy atom. The number of carbonyl (C=O) groups excluding carboxylic acids is 1. The first kappa shape index (κ1) is 16.1. The fourth-order valence-electron chi connectivity index (χ4n) is 4.06. The molecule has 2 fully saturated rings. The van der Waals surface area contributed by atoms with Crippen LogP contribution in [0, 0.1) is 6.92 Å². The van der Waals surface area contributed by atoms with Crippen molar-refractivity contribution < 1.29 is 9.32 Å². The number of hydrogen-bond donors (Lipinski definition) is 2. The predicted octanol–water partition coefficient (Wildman–Crippen LogP) is 2.79. The molecule has 2 N–H and O–H groups in total.